The molecule has 2 aliphatic heterocycles. The van der Waals surface area contributed by atoms with Crippen molar-refractivity contribution in [3.63, 3.8) is 0 Å². The quantitative estimate of drug-likeness (QED) is 0.885. The lowest BCUT2D eigenvalue weighted by Crippen LogP contribution is -2.55. The number of benzene rings is 1. The first kappa shape index (κ1) is 18.6. The molecule has 0 unspecified atom stereocenters. The predicted molar refractivity (Wildman–Crippen MR) is 110 cm³/mol. The molecule has 0 radical (unpaired) electrons. The molecule has 0 aromatic heterocycles. The molecule has 0 spiro atoms. The third-order valence-corrected chi connectivity index (χ3v) is 6.55. The Hall–Kier alpha value is -1.75. The summed E-state index contributed by atoms with van der Waals surface area (Å²) >= 11 is 0. The van der Waals surface area contributed by atoms with Crippen LogP contribution in [0.2, 0.25) is 0 Å². The number of carbonyl (C=O) groups excluding carboxylic acids is 1. The van der Waals surface area contributed by atoms with Crippen molar-refractivity contribution in [3.05, 3.63) is 29.3 Å². The van der Waals surface area contributed by atoms with Gasteiger partial charge in [0.05, 0.1) is 0 Å². The Morgan fingerprint density at radius 3 is 2.30 bits per heavy atom. The van der Waals surface area contributed by atoms with Crippen molar-refractivity contribution in [1.29, 1.82) is 0 Å². The van der Waals surface area contributed by atoms with Crippen LogP contribution in [0.4, 0.5) is 10.5 Å². The second-order valence-electron chi connectivity index (χ2n) is 8.71. The van der Waals surface area contributed by atoms with Crippen molar-refractivity contribution < 1.29 is 4.79 Å². The topological polar surface area (TPSA) is 38.8 Å². The zero-order valence-corrected chi connectivity index (χ0v) is 16.9. The van der Waals surface area contributed by atoms with Gasteiger partial charge in [-0.3, -0.25) is 0 Å². The van der Waals surface area contributed by atoms with E-state index in [1.807, 2.05) is 4.90 Å². The fourth-order valence-corrected chi connectivity index (χ4v) is 4.28. The number of aryl methyl sites for hydroxylation is 2. The maximum atomic E-state index is 12.7. The van der Waals surface area contributed by atoms with Crippen LogP contribution in [0.15, 0.2) is 18.2 Å². The van der Waals surface area contributed by atoms with Crippen molar-refractivity contribution in [2.24, 2.45) is 5.92 Å². The average molecular weight is 371 g/mol. The number of hydrogen-bond donors (Lipinski definition) is 1. The molecule has 27 heavy (non-hydrogen) atoms. The number of nitrogens with one attached hydrogen (secondary N) is 1. The van der Waals surface area contributed by atoms with Gasteiger partial charge in [0.2, 0.25) is 0 Å². The number of piperazine rings is 1. The number of nitrogens with zero attached hydrogens (tertiary/aromatic N) is 3. The van der Waals surface area contributed by atoms with Crippen LogP contribution in [-0.4, -0.2) is 67.7 Å². The number of piperidine rings is 1. The minimum Gasteiger partial charge on any atom is -0.368 e. The first-order chi connectivity index (χ1) is 13.1. The van der Waals surface area contributed by atoms with E-state index in [0.29, 0.717) is 6.04 Å². The van der Waals surface area contributed by atoms with Gasteiger partial charge in [-0.2, -0.15) is 0 Å². The second-order valence-corrected chi connectivity index (χ2v) is 8.71. The average Bonchev–Trinajstić information content (AvgIpc) is 3.50. The molecule has 1 aromatic rings. The van der Waals surface area contributed by atoms with Crippen LogP contribution in [-0.2, 0) is 0 Å². The van der Waals surface area contributed by atoms with Crippen molar-refractivity contribution >= 4 is 11.7 Å². The lowest BCUT2D eigenvalue weighted by molar-refractivity contribution is 0.167. The third kappa shape index (κ3) is 4.75. The van der Waals surface area contributed by atoms with Crippen LogP contribution in [0.3, 0.4) is 0 Å². The van der Waals surface area contributed by atoms with Crippen LogP contribution in [0.5, 0.6) is 0 Å². The Balaban J connectivity index is 1.21. The normalized spacial score (nSPS) is 22.1. The summed E-state index contributed by atoms with van der Waals surface area (Å²) in [5, 5.41) is 3.29. The maximum Gasteiger partial charge on any atom is 0.317 e. The minimum absolute atomic E-state index is 0.135. The monoisotopic (exact) mass is 370 g/mol. The van der Waals surface area contributed by atoms with Crippen molar-refractivity contribution in [3.8, 4) is 0 Å². The highest BCUT2D eigenvalue weighted by atomic mass is 16.2. The molecule has 4 rings (SSSR count). The van der Waals surface area contributed by atoms with E-state index in [4.69, 9.17) is 0 Å². The highest BCUT2D eigenvalue weighted by Crippen LogP contribution is 2.30. The van der Waals surface area contributed by atoms with Gasteiger partial charge in [0.15, 0.2) is 0 Å². The molecule has 2 saturated heterocycles. The molecule has 5 nitrogen and oxygen atoms in total. The van der Waals surface area contributed by atoms with Gasteiger partial charge in [-0.25, -0.2) is 4.79 Å². The first-order valence-electron chi connectivity index (χ1n) is 10.7. The van der Waals surface area contributed by atoms with Crippen molar-refractivity contribution in [1.82, 2.24) is 15.1 Å². The lowest BCUT2D eigenvalue weighted by atomic mass is 10.0. The van der Waals surface area contributed by atoms with Crippen molar-refractivity contribution in [2.75, 3.05) is 50.7 Å². The van der Waals surface area contributed by atoms with E-state index in [1.54, 1.807) is 0 Å². The molecule has 1 aromatic carbocycles. The number of hydrogen-bond acceptors (Lipinski definition) is 3. The van der Waals surface area contributed by atoms with Crippen LogP contribution < -0.4 is 10.2 Å². The van der Waals surface area contributed by atoms with Gasteiger partial charge in [-0.05, 0) is 68.7 Å². The number of carbonyl (C=O) groups is 1. The van der Waals surface area contributed by atoms with E-state index in [-0.39, 0.29) is 6.03 Å². The SMILES string of the molecule is Cc1ccc(N2CCN(C(=O)NC3CCN(CC4CC4)CC3)CC2)cc1C. The van der Waals surface area contributed by atoms with Gasteiger partial charge < -0.3 is 20.0 Å². The standard InChI is InChI=1S/C22H34N4O/c1-17-3-6-21(15-18(17)2)25-11-13-26(14-12-25)22(27)23-20-7-9-24(10-8-20)16-19-4-5-19/h3,6,15,19-20H,4-5,7-14,16H2,1-2H3,(H,23,27). The molecule has 148 valence electrons. The van der Waals surface area contributed by atoms with Gasteiger partial charge >= 0.3 is 6.03 Å². The molecule has 3 fully saturated rings. The van der Waals surface area contributed by atoms with E-state index >= 15 is 0 Å². The number of likely N-dealkylation sites (tertiary alicyclic amines) is 1. The van der Waals surface area contributed by atoms with E-state index < -0.39 is 0 Å². The minimum atomic E-state index is 0.135. The van der Waals surface area contributed by atoms with Gasteiger partial charge in [0.25, 0.3) is 0 Å². The molecule has 2 heterocycles. The summed E-state index contributed by atoms with van der Waals surface area (Å²) in [6, 6.07) is 7.15. The van der Waals surface area contributed by atoms with E-state index in [2.05, 4.69) is 47.2 Å². The fraction of sp³-hybridized carbons (Fsp3) is 0.682. The fourth-order valence-electron chi connectivity index (χ4n) is 4.28. The molecule has 3 aliphatic rings. The summed E-state index contributed by atoms with van der Waals surface area (Å²) < 4.78 is 0. The van der Waals surface area contributed by atoms with Crippen LogP contribution in [0.25, 0.3) is 0 Å². The molecular weight excluding hydrogens is 336 g/mol. The Morgan fingerprint density at radius 1 is 0.963 bits per heavy atom. The van der Waals surface area contributed by atoms with Gasteiger partial charge in [0.1, 0.15) is 0 Å². The molecule has 1 aliphatic carbocycles. The van der Waals surface area contributed by atoms with Gasteiger partial charge in [-0.15, -0.1) is 0 Å². The predicted octanol–water partition coefficient (Wildman–Crippen LogP) is 3.01. The number of amides is 2. The Morgan fingerprint density at radius 2 is 1.67 bits per heavy atom. The van der Waals surface area contributed by atoms with E-state index in [1.165, 1.54) is 36.2 Å². The van der Waals surface area contributed by atoms with E-state index in [0.717, 1.165) is 58.0 Å². The van der Waals surface area contributed by atoms with Crippen molar-refractivity contribution in [2.45, 2.75) is 45.6 Å². The van der Waals surface area contributed by atoms with Crippen LogP contribution in [0.1, 0.15) is 36.8 Å². The van der Waals surface area contributed by atoms with Crippen LogP contribution in [0, 0.1) is 19.8 Å². The zero-order chi connectivity index (χ0) is 18.8. The summed E-state index contributed by atoms with van der Waals surface area (Å²) in [4.78, 5) is 19.6. The number of rotatable bonds is 4. The Bertz CT molecular complexity index is 656. The summed E-state index contributed by atoms with van der Waals surface area (Å²) in [5.41, 5.74) is 3.95. The molecule has 1 saturated carbocycles. The molecular formula is C22H34N4O. The molecule has 2 amide bonds. The van der Waals surface area contributed by atoms with E-state index in [9.17, 15) is 4.79 Å². The highest BCUT2D eigenvalue weighted by Gasteiger charge is 2.29. The number of anilines is 1. The second kappa shape index (κ2) is 8.09. The summed E-state index contributed by atoms with van der Waals surface area (Å²) in [5.74, 6) is 0.963. The largest absolute Gasteiger partial charge is 0.368 e. The smallest absolute Gasteiger partial charge is 0.317 e. The highest BCUT2D eigenvalue weighted by molar-refractivity contribution is 5.75. The Kier molecular flexibility index (Phi) is 5.58. The van der Waals surface area contributed by atoms with Gasteiger partial charge in [-0.1, -0.05) is 6.07 Å². The zero-order valence-electron chi connectivity index (χ0n) is 16.9. The maximum absolute atomic E-state index is 12.7. The third-order valence-electron chi connectivity index (χ3n) is 6.55. The molecule has 0 atom stereocenters. The summed E-state index contributed by atoms with van der Waals surface area (Å²) in [7, 11) is 0. The molecule has 1 N–H and O–H groups in total. The molecule has 5 heteroatoms. The first-order valence-corrected chi connectivity index (χ1v) is 10.7. The summed E-state index contributed by atoms with van der Waals surface area (Å²) in [6.45, 7) is 11.3. The summed E-state index contributed by atoms with van der Waals surface area (Å²) in [6.07, 6.45) is 5.04. The molecule has 0 bridgehead atoms. The van der Waals surface area contributed by atoms with Gasteiger partial charge in [0, 0.05) is 57.5 Å². The lowest BCUT2D eigenvalue weighted by Gasteiger charge is -2.38. The number of urea groups is 1. The Labute approximate surface area is 163 Å². The van der Waals surface area contributed by atoms with Crippen LogP contribution >= 0.6 is 0 Å².